The van der Waals surface area contributed by atoms with Gasteiger partial charge in [-0.1, -0.05) is 0 Å². The van der Waals surface area contributed by atoms with Crippen LogP contribution in [-0.2, 0) is 24.2 Å². The number of rotatable bonds is 6. The maximum absolute atomic E-state index is 12.4. The Kier molecular flexibility index (Phi) is 4.30. The number of amides is 1. The molecule has 1 saturated heterocycles. The Labute approximate surface area is 124 Å². The minimum absolute atomic E-state index is 0.00890. The van der Waals surface area contributed by atoms with Crippen molar-refractivity contribution in [1.29, 1.82) is 0 Å². The summed E-state index contributed by atoms with van der Waals surface area (Å²) in [4.78, 5) is 24.9. The average Bonchev–Trinajstić information content (AvgIpc) is 2.92. The van der Waals surface area contributed by atoms with Crippen LogP contribution in [0.4, 0.5) is 0 Å². The van der Waals surface area contributed by atoms with Crippen molar-refractivity contribution in [2.24, 2.45) is 5.41 Å². The van der Waals surface area contributed by atoms with Gasteiger partial charge in [-0.3, -0.25) is 4.79 Å². The highest BCUT2D eigenvalue weighted by atomic mass is 32.2. The lowest BCUT2D eigenvalue weighted by Gasteiger charge is -2.24. The molecule has 0 aromatic rings. The summed E-state index contributed by atoms with van der Waals surface area (Å²) in [5.74, 6) is -1.34. The predicted octanol–water partition coefficient (Wildman–Crippen LogP) is -0.0982. The van der Waals surface area contributed by atoms with E-state index in [4.69, 9.17) is 4.74 Å². The topological polar surface area (TPSA) is 101 Å². The zero-order chi connectivity index (χ0) is 15.8. The van der Waals surface area contributed by atoms with Gasteiger partial charge in [0.15, 0.2) is 0 Å². The SMILES string of the molecule is COC1CC(C(=O)O)N(C(=O)CC2(CS(C)(=O)=O)CC2)C1. The van der Waals surface area contributed by atoms with Gasteiger partial charge >= 0.3 is 5.97 Å². The summed E-state index contributed by atoms with van der Waals surface area (Å²) < 4.78 is 28.0. The first-order valence-corrected chi connectivity index (χ1v) is 8.95. The van der Waals surface area contributed by atoms with Crippen molar-refractivity contribution in [2.45, 2.75) is 37.8 Å². The molecule has 0 spiro atoms. The summed E-state index contributed by atoms with van der Waals surface area (Å²) >= 11 is 0. The normalized spacial score (nSPS) is 27.6. The third-order valence-corrected chi connectivity index (χ3v) is 5.39. The molecule has 2 atom stereocenters. The smallest absolute Gasteiger partial charge is 0.326 e. The summed E-state index contributed by atoms with van der Waals surface area (Å²) in [5, 5.41) is 9.20. The molecule has 8 heteroatoms. The standard InChI is InChI=1S/C13H21NO6S/c1-20-9-5-10(12(16)17)14(7-9)11(15)6-13(3-4-13)8-21(2,18)19/h9-10H,3-8H2,1-2H3,(H,16,17). The van der Waals surface area contributed by atoms with Gasteiger partial charge in [-0.2, -0.15) is 0 Å². The summed E-state index contributed by atoms with van der Waals surface area (Å²) in [5.41, 5.74) is -0.487. The molecule has 2 rings (SSSR count). The second-order valence-electron chi connectivity index (χ2n) is 6.24. The van der Waals surface area contributed by atoms with Crippen LogP contribution in [0.3, 0.4) is 0 Å². The highest BCUT2D eigenvalue weighted by molar-refractivity contribution is 7.90. The zero-order valence-corrected chi connectivity index (χ0v) is 13.1. The van der Waals surface area contributed by atoms with Crippen molar-refractivity contribution in [3.05, 3.63) is 0 Å². The van der Waals surface area contributed by atoms with Gasteiger partial charge in [-0.25, -0.2) is 13.2 Å². The number of nitrogens with zero attached hydrogens (tertiary/aromatic N) is 1. The number of methoxy groups -OCH3 is 1. The van der Waals surface area contributed by atoms with Crippen LogP contribution in [0.15, 0.2) is 0 Å². The number of carboxylic acid groups (broad SMARTS) is 1. The van der Waals surface area contributed by atoms with Crippen LogP contribution in [-0.4, -0.2) is 68.1 Å². The largest absolute Gasteiger partial charge is 0.480 e. The molecule has 7 nitrogen and oxygen atoms in total. The first-order valence-electron chi connectivity index (χ1n) is 6.89. The Morgan fingerprint density at radius 1 is 1.38 bits per heavy atom. The molecule has 2 aliphatic rings. The van der Waals surface area contributed by atoms with E-state index in [1.165, 1.54) is 12.0 Å². The van der Waals surface area contributed by atoms with Crippen LogP contribution in [0.5, 0.6) is 0 Å². The Balaban J connectivity index is 2.04. The Morgan fingerprint density at radius 2 is 2.00 bits per heavy atom. The van der Waals surface area contributed by atoms with Crippen molar-refractivity contribution >= 4 is 21.7 Å². The molecule has 0 bridgehead atoms. The van der Waals surface area contributed by atoms with Crippen LogP contribution >= 0.6 is 0 Å². The fourth-order valence-corrected chi connectivity index (χ4v) is 4.51. The molecular weight excluding hydrogens is 298 g/mol. The van der Waals surface area contributed by atoms with Gasteiger partial charge in [0, 0.05) is 32.8 Å². The van der Waals surface area contributed by atoms with Crippen molar-refractivity contribution in [3.63, 3.8) is 0 Å². The monoisotopic (exact) mass is 319 g/mol. The maximum atomic E-state index is 12.4. The molecule has 2 unspecified atom stereocenters. The van der Waals surface area contributed by atoms with Gasteiger partial charge in [-0.05, 0) is 18.3 Å². The van der Waals surface area contributed by atoms with E-state index in [9.17, 15) is 23.1 Å². The van der Waals surface area contributed by atoms with E-state index >= 15 is 0 Å². The van der Waals surface area contributed by atoms with Gasteiger partial charge in [-0.15, -0.1) is 0 Å². The highest BCUT2D eigenvalue weighted by Crippen LogP contribution is 2.50. The lowest BCUT2D eigenvalue weighted by molar-refractivity contribution is -0.148. The minimum atomic E-state index is -3.15. The fourth-order valence-electron chi connectivity index (χ4n) is 3.01. The number of likely N-dealkylation sites (tertiary alicyclic amines) is 1. The molecule has 2 fully saturated rings. The van der Waals surface area contributed by atoms with Crippen LogP contribution in [0, 0.1) is 5.41 Å². The summed E-state index contributed by atoms with van der Waals surface area (Å²) in [6.45, 7) is 0.251. The van der Waals surface area contributed by atoms with E-state index in [0.29, 0.717) is 12.8 Å². The van der Waals surface area contributed by atoms with E-state index in [0.717, 1.165) is 6.26 Å². The molecular formula is C13H21NO6S. The van der Waals surface area contributed by atoms with E-state index in [2.05, 4.69) is 0 Å². The number of aliphatic carboxylic acids is 1. The molecule has 1 aliphatic carbocycles. The Hall–Kier alpha value is -1.15. The lowest BCUT2D eigenvalue weighted by atomic mass is 10.0. The molecule has 0 radical (unpaired) electrons. The van der Waals surface area contributed by atoms with E-state index in [1.807, 2.05) is 0 Å². The Bertz CT molecular complexity index is 539. The molecule has 120 valence electrons. The Morgan fingerprint density at radius 3 is 2.43 bits per heavy atom. The number of carboxylic acids is 1. The first kappa shape index (κ1) is 16.2. The predicted molar refractivity (Wildman–Crippen MR) is 74.5 cm³/mol. The van der Waals surface area contributed by atoms with Gasteiger partial charge in [0.25, 0.3) is 0 Å². The quantitative estimate of drug-likeness (QED) is 0.734. The lowest BCUT2D eigenvalue weighted by Crippen LogP contribution is -2.42. The zero-order valence-electron chi connectivity index (χ0n) is 12.2. The minimum Gasteiger partial charge on any atom is -0.480 e. The van der Waals surface area contributed by atoms with Gasteiger partial charge in [0.2, 0.25) is 5.91 Å². The molecule has 0 aromatic heterocycles. The van der Waals surface area contributed by atoms with E-state index in [1.54, 1.807) is 0 Å². The number of hydrogen-bond acceptors (Lipinski definition) is 5. The van der Waals surface area contributed by atoms with Gasteiger partial charge in [0.1, 0.15) is 15.9 Å². The second-order valence-corrected chi connectivity index (χ2v) is 8.38. The van der Waals surface area contributed by atoms with Crippen LogP contribution in [0.25, 0.3) is 0 Å². The number of sulfone groups is 1. The highest BCUT2D eigenvalue weighted by Gasteiger charge is 2.49. The van der Waals surface area contributed by atoms with Gasteiger partial charge in [0.05, 0.1) is 11.9 Å². The number of carbonyl (C=O) groups excluding carboxylic acids is 1. The van der Waals surface area contributed by atoms with Crippen molar-refractivity contribution in [2.75, 3.05) is 25.7 Å². The molecule has 1 amide bonds. The number of hydrogen-bond donors (Lipinski definition) is 1. The molecule has 1 N–H and O–H groups in total. The summed E-state index contributed by atoms with van der Waals surface area (Å²) in [6, 6.07) is -0.878. The van der Waals surface area contributed by atoms with Crippen molar-refractivity contribution in [3.8, 4) is 0 Å². The van der Waals surface area contributed by atoms with Crippen LogP contribution < -0.4 is 0 Å². The number of carbonyl (C=O) groups is 2. The van der Waals surface area contributed by atoms with Crippen molar-refractivity contribution in [1.82, 2.24) is 4.90 Å². The summed E-state index contributed by atoms with van der Waals surface area (Å²) in [7, 11) is -1.66. The first-order chi connectivity index (χ1) is 9.66. The second kappa shape index (κ2) is 5.57. The molecule has 21 heavy (non-hydrogen) atoms. The maximum Gasteiger partial charge on any atom is 0.326 e. The van der Waals surface area contributed by atoms with E-state index < -0.39 is 27.3 Å². The molecule has 0 aromatic carbocycles. The number of ether oxygens (including phenoxy) is 1. The van der Waals surface area contributed by atoms with Crippen LogP contribution in [0.1, 0.15) is 25.7 Å². The van der Waals surface area contributed by atoms with E-state index in [-0.39, 0.29) is 37.2 Å². The van der Waals surface area contributed by atoms with Crippen molar-refractivity contribution < 1.29 is 27.9 Å². The third kappa shape index (κ3) is 3.94. The molecule has 1 saturated carbocycles. The fraction of sp³-hybridized carbons (Fsp3) is 0.846. The molecule has 1 heterocycles. The van der Waals surface area contributed by atoms with Gasteiger partial charge < -0.3 is 14.7 Å². The average molecular weight is 319 g/mol. The summed E-state index contributed by atoms with van der Waals surface area (Å²) in [6.07, 6.45) is 2.65. The van der Waals surface area contributed by atoms with Crippen LogP contribution in [0.2, 0.25) is 0 Å². The third-order valence-electron chi connectivity index (χ3n) is 4.25. The molecule has 1 aliphatic heterocycles.